The van der Waals surface area contributed by atoms with Gasteiger partial charge in [-0.25, -0.2) is 0 Å². The van der Waals surface area contributed by atoms with Gasteiger partial charge in [-0.3, -0.25) is 4.79 Å². The van der Waals surface area contributed by atoms with Gasteiger partial charge in [0.25, 0.3) is 5.91 Å². The fraction of sp³-hybridized carbons (Fsp3) is 0.308. The summed E-state index contributed by atoms with van der Waals surface area (Å²) in [6.07, 6.45) is 7.35. The highest BCUT2D eigenvalue weighted by Crippen LogP contribution is 2.19. The number of rotatable bonds is 4. The van der Waals surface area contributed by atoms with Crippen LogP contribution in [0, 0.1) is 12.3 Å². The predicted molar refractivity (Wildman–Crippen MR) is 64.3 cm³/mol. The molecule has 1 aliphatic rings. The number of carbonyl (C=O) groups excluding carboxylic acids is 1. The largest absolute Gasteiger partial charge is 0.374 e. The molecule has 1 aromatic rings. The minimum Gasteiger partial charge on any atom is -0.374 e. The van der Waals surface area contributed by atoms with Crippen molar-refractivity contribution in [1.29, 1.82) is 0 Å². The van der Waals surface area contributed by atoms with E-state index in [1.165, 1.54) is 0 Å². The molecule has 0 unspecified atom stereocenters. The zero-order chi connectivity index (χ0) is 11.4. The van der Waals surface area contributed by atoms with Gasteiger partial charge >= 0.3 is 0 Å². The van der Waals surface area contributed by atoms with Gasteiger partial charge in [0.15, 0.2) is 0 Å². The van der Waals surface area contributed by atoms with Gasteiger partial charge in [-0.1, -0.05) is 5.92 Å². The summed E-state index contributed by atoms with van der Waals surface area (Å²) < 4.78 is 0. The van der Waals surface area contributed by atoms with E-state index in [9.17, 15) is 4.79 Å². The van der Waals surface area contributed by atoms with Gasteiger partial charge in [0.2, 0.25) is 0 Å². The Morgan fingerprint density at radius 2 is 2.06 bits per heavy atom. The number of carbonyl (C=O) groups is 1. The molecule has 1 aliphatic carbocycles. The lowest BCUT2D eigenvalue weighted by molar-refractivity contribution is 0.0951. The molecule has 0 saturated heterocycles. The Kier molecular flexibility index (Phi) is 3.11. The van der Waals surface area contributed by atoms with Crippen LogP contribution < -0.4 is 10.6 Å². The molecule has 16 heavy (non-hydrogen) atoms. The summed E-state index contributed by atoms with van der Waals surface area (Å²) >= 11 is 0. The Labute approximate surface area is 95.2 Å². The maximum absolute atomic E-state index is 11.7. The van der Waals surface area contributed by atoms with Crippen LogP contribution in [0.5, 0.6) is 0 Å². The lowest BCUT2D eigenvalue weighted by Gasteiger charge is -2.05. The number of hydrogen-bond donors (Lipinski definition) is 2. The third kappa shape index (κ3) is 2.77. The highest BCUT2D eigenvalue weighted by molar-refractivity contribution is 5.94. The van der Waals surface area contributed by atoms with Crippen molar-refractivity contribution in [2.45, 2.75) is 18.9 Å². The second-order valence-electron chi connectivity index (χ2n) is 3.88. The molecule has 0 aliphatic heterocycles. The number of nitrogens with one attached hydrogen (secondary N) is 2. The molecular formula is C13H14N2O. The van der Waals surface area contributed by atoms with E-state index >= 15 is 0 Å². The van der Waals surface area contributed by atoms with Crippen LogP contribution in [-0.2, 0) is 0 Å². The highest BCUT2D eigenvalue weighted by atomic mass is 16.1. The van der Waals surface area contributed by atoms with Crippen molar-refractivity contribution in [1.82, 2.24) is 5.32 Å². The van der Waals surface area contributed by atoms with Crippen molar-refractivity contribution in [3.63, 3.8) is 0 Å². The van der Waals surface area contributed by atoms with Crippen LogP contribution in [0.3, 0.4) is 0 Å². The van der Waals surface area contributed by atoms with Crippen LogP contribution in [0.25, 0.3) is 0 Å². The number of benzene rings is 1. The first kappa shape index (κ1) is 10.6. The Morgan fingerprint density at radius 3 is 2.62 bits per heavy atom. The topological polar surface area (TPSA) is 41.1 Å². The molecule has 1 saturated carbocycles. The third-order valence-electron chi connectivity index (χ3n) is 2.45. The maximum atomic E-state index is 11.7. The molecule has 0 aromatic heterocycles. The van der Waals surface area contributed by atoms with Gasteiger partial charge in [0.1, 0.15) is 0 Å². The van der Waals surface area contributed by atoms with Crippen LogP contribution in [0.2, 0.25) is 0 Å². The van der Waals surface area contributed by atoms with E-state index in [1.54, 1.807) is 12.1 Å². The first-order valence-corrected chi connectivity index (χ1v) is 5.38. The number of hydrogen-bond acceptors (Lipinski definition) is 2. The Balaban J connectivity index is 1.95. The molecular weight excluding hydrogens is 200 g/mol. The average molecular weight is 214 g/mol. The highest BCUT2D eigenvalue weighted by Gasteiger charge is 2.23. The Bertz CT molecular complexity index is 413. The van der Waals surface area contributed by atoms with Crippen molar-refractivity contribution >= 4 is 11.6 Å². The lowest BCUT2D eigenvalue weighted by Crippen LogP contribution is -2.25. The van der Waals surface area contributed by atoms with Crippen molar-refractivity contribution in [2.75, 3.05) is 11.9 Å². The second kappa shape index (κ2) is 4.71. The Hall–Kier alpha value is -1.95. The van der Waals surface area contributed by atoms with Gasteiger partial charge in [0, 0.05) is 17.3 Å². The zero-order valence-corrected chi connectivity index (χ0v) is 8.99. The second-order valence-corrected chi connectivity index (χ2v) is 3.88. The molecule has 2 N–H and O–H groups in total. The molecule has 0 bridgehead atoms. The van der Waals surface area contributed by atoms with E-state index in [4.69, 9.17) is 6.42 Å². The molecule has 0 atom stereocenters. The molecule has 3 heteroatoms. The van der Waals surface area contributed by atoms with E-state index in [0.29, 0.717) is 18.2 Å². The van der Waals surface area contributed by atoms with E-state index in [2.05, 4.69) is 16.6 Å². The molecule has 3 nitrogen and oxygen atoms in total. The predicted octanol–water partition coefficient (Wildman–Crippen LogP) is 1.62. The summed E-state index contributed by atoms with van der Waals surface area (Å²) in [6.45, 7) is 0.494. The van der Waals surface area contributed by atoms with Crippen LogP contribution in [0.15, 0.2) is 24.3 Å². The first-order valence-electron chi connectivity index (χ1n) is 5.38. The number of amides is 1. The molecule has 1 fully saturated rings. The summed E-state index contributed by atoms with van der Waals surface area (Å²) in [5, 5.41) is 5.99. The van der Waals surface area contributed by atoms with Gasteiger partial charge in [0.05, 0.1) is 6.54 Å². The quantitative estimate of drug-likeness (QED) is 0.748. The minimum atomic E-state index is 0.00556. The number of terminal acetylenes is 1. The van der Waals surface area contributed by atoms with Crippen LogP contribution in [0.1, 0.15) is 23.2 Å². The van der Waals surface area contributed by atoms with Crippen molar-refractivity contribution in [3.05, 3.63) is 29.8 Å². The smallest absolute Gasteiger partial charge is 0.251 e. The molecule has 0 radical (unpaired) electrons. The fourth-order valence-electron chi connectivity index (χ4n) is 1.39. The molecule has 1 amide bonds. The van der Waals surface area contributed by atoms with Crippen LogP contribution >= 0.6 is 0 Å². The van der Waals surface area contributed by atoms with E-state index in [-0.39, 0.29) is 5.91 Å². The molecule has 0 heterocycles. The SMILES string of the molecule is C#CCNc1ccc(C(=O)NC2CC2)cc1. The molecule has 2 rings (SSSR count). The summed E-state index contributed by atoms with van der Waals surface area (Å²) in [7, 11) is 0. The fourth-order valence-corrected chi connectivity index (χ4v) is 1.39. The maximum Gasteiger partial charge on any atom is 0.251 e. The standard InChI is InChI=1S/C13H14N2O/c1-2-9-14-11-5-3-10(4-6-11)13(16)15-12-7-8-12/h1,3-6,12,14H,7-9H2,(H,15,16). The van der Waals surface area contributed by atoms with Gasteiger partial charge < -0.3 is 10.6 Å². The van der Waals surface area contributed by atoms with Gasteiger partial charge in [-0.05, 0) is 37.1 Å². The molecule has 82 valence electrons. The van der Waals surface area contributed by atoms with E-state index < -0.39 is 0 Å². The number of anilines is 1. The van der Waals surface area contributed by atoms with E-state index in [0.717, 1.165) is 18.5 Å². The van der Waals surface area contributed by atoms with Crippen molar-refractivity contribution in [3.8, 4) is 12.3 Å². The monoisotopic (exact) mass is 214 g/mol. The average Bonchev–Trinajstić information content (AvgIpc) is 3.11. The first-order chi connectivity index (χ1) is 7.79. The molecule has 0 spiro atoms. The van der Waals surface area contributed by atoms with Crippen molar-refractivity contribution < 1.29 is 4.79 Å². The molecule has 1 aromatic carbocycles. The summed E-state index contributed by atoms with van der Waals surface area (Å²) in [6, 6.07) is 7.72. The summed E-state index contributed by atoms with van der Waals surface area (Å²) in [4.78, 5) is 11.7. The summed E-state index contributed by atoms with van der Waals surface area (Å²) in [5.41, 5.74) is 1.62. The third-order valence-corrected chi connectivity index (χ3v) is 2.45. The normalized spacial score (nSPS) is 13.9. The zero-order valence-electron chi connectivity index (χ0n) is 8.99. The Morgan fingerprint density at radius 1 is 1.38 bits per heavy atom. The van der Waals surface area contributed by atoms with Gasteiger partial charge in [-0.15, -0.1) is 6.42 Å². The van der Waals surface area contributed by atoms with E-state index in [1.807, 2.05) is 12.1 Å². The summed E-state index contributed by atoms with van der Waals surface area (Å²) in [5.74, 6) is 2.50. The van der Waals surface area contributed by atoms with Gasteiger partial charge in [-0.2, -0.15) is 0 Å². The minimum absolute atomic E-state index is 0.00556. The van der Waals surface area contributed by atoms with Crippen LogP contribution in [0.4, 0.5) is 5.69 Å². The van der Waals surface area contributed by atoms with Crippen LogP contribution in [-0.4, -0.2) is 18.5 Å². The van der Waals surface area contributed by atoms with Crippen molar-refractivity contribution in [2.24, 2.45) is 0 Å². The lowest BCUT2D eigenvalue weighted by atomic mass is 10.2.